The summed E-state index contributed by atoms with van der Waals surface area (Å²) in [5.41, 5.74) is 1.11. The van der Waals surface area contributed by atoms with E-state index in [9.17, 15) is 14.9 Å². The van der Waals surface area contributed by atoms with Crippen LogP contribution in [0.5, 0.6) is 11.5 Å². The number of benzene rings is 2. The highest BCUT2D eigenvalue weighted by Gasteiger charge is 2.12. The lowest BCUT2D eigenvalue weighted by Crippen LogP contribution is -2.04. The number of phenols is 1. The Morgan fingerprint density at radius 2 is 1.83 bits per heavy atom. The number of aromatic hydroxyl groups is 1. The van der Waals surface area contributed by atoms with Gasteiger partial charge >= 0.3 is 5.75 Å². The molecule has 24 heavy (non-hydrogen) atoms. The van der Waals surface area contributed by atoms with Crippen LogP contribution in [0.25, 0.3) is 22.1 Å². The van der Waals surface area contributed by atoms with Gasteiger partial charge in [0, 0.05) is 6.07 Å². The fourth-order valence-corrected chi connectivity index (χ4v) is 2.01. The average molecular weight is 332 g/mol. The van der Waals surface area contributed by atoms with Crippen LogP contribution >= 0.6 is 0 Å². The first-order chi connectivity index (χ1) is 11.6. The van der Waals surface area contributed by atoms with E-state index >= 15 is 0 Å². The Hall–Kier alpha value is -3.07. The summed E-state index contributed by atoms with van der Waals surface area (Å²) in [5, 5.41) is 9.74. The average Bonchev–Trinajstić information content (AvgIpc) is 2.62. The second-order valence-corrected chi connectivity index (χ2v) is 4.53. The molecule has 0 aliphatic heterocycles. The molecule has 1 aromatic heterocycles. The van der Waals surface area contributed by atoms with Crippen LogP contribution in [-0.4, -0.2) is 12.2 Å². The molecule has 0 atom stereocenters. The van der Waals surface area contributed by atoms with Crippen molar-refractivity contribution in [3.8, 4) is 22.6 Å². The lowest BCUT2D eigenvalue weighted by Gasteiger charge is -2.02. The fraction of sp³-hybridized carbons (Fsp3) is 0.0625. The van der Waals surface area contributed by atoms with Crippen LogP contribution < -0.4 is 11.3 Å². The summed E-state index contributed by atoms with van der Waals surface area (Å²) in [7, 11) is 1.33. The molecule has 8 heteroatoms. The van der Waals surface area contributed by atoms with Crippen molar-refractivity contribution in [3.05, 3.63) is 68.5 Å². The number of hydrogen-bond donors (Lipinski definition) is 2. The fourth-order valence-electron chi connectivity index (χ4n) is 2.01. The lowest BCUT2D eigenvalue weighted by molar-refractivity contribution is -0.277. The summed E-state index contributed by atoms with van der Waals surface area (Å²) in [6.45, 7) is 0. The maximum atomic E-state index is 12.4. The van der Waals surface area contributed by atoms with E-state index in [0.29, 0.717) is 22.1 Å². The Morgan fingerprint density at radius 1 is 1.17 bits per heavy atom. The molecule has 0 saturated carbocycles. The van der Waals surface area contributed by atoms with Crippen molar-refractivity contribution in [1.82, 2.24) is 0 Å². The number of phenolic OH excluding ortho intramolecular Hbond substituents is 1. The maximum Gasteiger partial charge on any atom is 0.438 e. The molecule has 0 bridgehead atoms. The number of hydrogen-bond acceptors (Lipinski definition) is 7. The summed E-state index contributed by atoms with van der Waals surface area (Å²) < 4.78 is 9.20. The predicted molar refractivity (Wildman–Crippen MR) is 88.0 cm³/mol. The van der Waals surface area contributed by atoms with Gasteiger partial charge in [-0.2, -0.15) is 5.90 Å². The van der Waals surface area contributed by atoms with Gasteiger partial charge in [-0.05, 0) is 29.8 Å². The molecule has 8 nitrogen and oxygen atoms in total. The molecule has 0 aliphatic carbocycles. The summed E-state index contributed by atoms with van der Waals surface area (Å²) in [4.78, 5) is 30.0. The summed E-state index contributed by atoms with van der Waals surface area (Å²) >= 11 is 0. The van der Waals surface area contributed by atoms with E-state index in [2.05, 4.69) is 20.4 Å². The van der Waals surface area contributed by atoms with Crippen molar-refractivity contribution < 1.29 is 19.4 Å². The Labute approximate surface area is 135 Å². The standard InChI is InChI=1S/C15H8O5.CH5NO2/c16-10-3-6-12-14(7-10)19-8-13(15(12)17)9-1-4-11(20-18)5-2-9;1-3-4-2/h1-8H;2H2,1H3/p+1. The zero-order valence-corrected chi connectivity index (χ0v) is 12.6. The minimum Gasteiger partial charge on any atom is -0.508 e. The van der Waals surface area contributed by atoms with Gasteiger partial charge in [-0.1, -0.05) is 0 Å². The zero-order valence-electron chi connectivity index (χ0n) is 12.6. The van der Waals surface area contributed by atoms with Gasteiger partial charge in [0.15, 0.2) is 5.43 Å². The first kappa shape index (κ1) is 17.3. The summed E-state index contributed by atoms with van der Waals surface area (Å²) in [5.74, 6) is 4.51. The van der Waals surface area contributed by atoms with Gasteiger partial charge in [0.25, 0.3) is 0 Å². The minimum atomic E-state index is -0.206. The molecule has 3 rings (SSSR count). The molecule has 0 aliphatic rings. The van der Waals surface area contributed by atoms with Crippen LogP contribution in [0.4, 0.5) is 0 Å². The van der Waals surface area contributed by atoms with Crippen LogP contribution in [0.1, 0.15) is 0 Å². The van der Waals surface area contributed by atoms with E-state index in [0.717, 1.165) is 0 Å². The van der Waals surface area contributed by atoms with E-state index in [1.807, 2.05) is 0 Å². The molecule has 0 spiro atoms. The summed E-state index contributed by atoms with van der Waals surface area (Å²) in [6.07, 6.45) is 1.33. The van der Waals surface area contributed by atoms with Crippen LogP contribution in [0, 0.1) is 9.56 Å². The molecule has 0 amide bonds. The molecular weight excluding hydrogens is 318 g/mol. The number of nitrogens with two attached hydrogens (primary N) is 1. The third-order valence-corrected chi connectivity index (χ3v) is 3.12. The maximum absolute atomic E-state index is 12.4. The molecule has 0 unspecified atom stereocenters. The van der Waals surface area contributed by atoms with Crippen LogP contribution in [0.15, 0.2) is 57.9 Å². The molecule has 0 fully saturated rings. The monoisotopic (exact) mass is 332 g/mol. The van der Waals surface area contributed by atoms with Gasteiger partial charge in [-0.3, -0.25) is 4.79 Å². The Morgan fingerprint density at radius 3 is 2.42 bits per heavy atom. The molecule has 0 saturated heterocycles. The molecule has 0 radical (unpaired) electrons. The third-order valence-electron chi connectivity index (χ3n) is 3.12. The largest absolute Gasteiger partial charge is 0.508 e. The molecular formula is C16H14NO7+. The Bertz CT molecular complexity index is 885. The summed E-state index contributed by atoms with van der Waals surface area (Å²) in [6, 6.07) is 10.5. The van der Waals surface area contributed by atoms with Gasteiger partial charge in [0.05, 0.1) is 34.8 Å². The minimum absolute atomic E-state index is 0.0327. The Kier molecular flexibility index (Phi) is 5.74. The molecule has 124 valence electrons. The van der Waals surface area contributed by atoms with Gasteiger partial charge in [-0.25, -0.2) is 4.89 Å². The second kappa shape index (κ2) is 7.97. The van der Waals surface area contributed by atoms with E-state index in [4.69, 9.17) is 4.42 Å². The quantitative estimate of drug-likeness (QED) is 0.429. The van der Waals surface area contributed by atoms with Crippen LogP contribution in [-0.2, 0) is 9.88 Å². The van der Waals surface area contributed by atoms with Gasteiger partial charge < -0.3 is 9.52 Å². The highest BCUT2D eigenvalue weighted by atomic mass is 17.3. The smallest absolute Gasteiger partial charge is 0.438 e. The highest BCUT2D eigenvalue weighted by molar-refractivity contribution is 5.82. The Balaban J connectivity index is 0.000000471. The lowest BCUT2D eigenvalue weighted by atomic mass is 10.1. The number of rotatable bonds is 3. The van der Waals surface area contributed by atoms with E-state index < -0.39 is 0 Å². The van der Waals surface area contributed by atoms with Gasteiger partial charge in [0.2, 0.25) is 4.96 Å². The van der Waals surface area contributed by atoms with Crippen molar-refractivity contribution >= 4 is 11.0 Å². The SMILES string of the molecule is COON.O=[O+]c1ccc(-c2coc3cc(O)ccc3c2=O)cc1. The van der Waals surface area contributed by atoms with Crippen molar-refractivity contribution in [3.63, 3.8) is 0 Å². The topological polar surface area (TPSA) is 123 Å². The first-order valence-electron chi connectivity index (χ1n) is 6.65. The van der Waals surface area contributed by atoms with E-state index in [1.165, 1.54) is 43.7 Å². The second-order valence-electron chi connectivity index (χ2n) is 4.53. The molecule has 1 heterocycles. The van der Waals surface area contributed by atoms with E-state index in [1.54, 1.807) is 12.1 Å². The van der Waals surface area contributed by atoms with Crippen molar-refractivity contribution in [2.45, 2.75) is 0 Å². The molecule has 3 N–H and O–H groups in total. The normalized spacial score (nSPS) is 10.1. The van der Waals surface area contributed by atoms with Gasteiger partial charge in [-0.15, -0.1) is 4.99 Å². The van der Waals surface area contributed by atoms with Crippen LogP contribution in [0.3, 0.4) is 0 Å². The predicted octanol–water partition coefficient (Wildman–Crippen LogP) is 2.93. The first-order valence-corrected chi connectivity index (χ1v) is 6.65. The van der Waals surface area contributed by atoms with Crippen molar-refractivity contribution in [2.24, 2.45) is 5.90 Å². The third kappa shape index (κ3) is 3.82. The van der Waals surface area contributed by atoms with Crippen molar-refractivity contribution in [2.75, 3.05) is 7.11 Å². The highest BCUT2D eigenvalue weighted by Crippen LogP contribution is 2.24. The zero-order chi connectivity index (χ0) is 17.5. The van der Waals surface area contributed by atoms with Crippen LogP contribution in [0.2, 0.25) is 0 Å². The molecule has 2 aromatic carbocycles. The van der Waals surface area contributed by atoms with Gasteiger partial charge in [0.1, 0.15) is 17.6 Å². The molecule has 3 aromatic rings. The number of fused-ring (bicyclic) bond motifs is 1. The van der Waals surface area contributed by atoms with Crippen molar-refractivity contribution in [1.29, 1.82) is 0 Å². The van der Waals surface area contributed by atoms with E-state index in [-0.39, 0.29) is 16.9 Å².